The molecule has 26 heavy (non-hydrogen) atoms. The van der Waals surface area contributed by atoms with Crippen LogP contribution < -0.4 is 5.32 Å². The number of nitrogens with zero attached hydrogens (tertiary/aromatic N) is 4. The highest BCUT2D eigenvalue weighted by Crippen LogP contribution is 2.17. The van der Waals surface area contributed by atoms with E-state index in [9.17, 15) is 4.79 Å². The molecule has 0 unspecified atom stereocenters. The van der Waals surface area contributed by atoms with Crippen LogP contribution in [0.1, 0.15) is 17.5 Å². The Bertz CT molecular complexity index is 961. The quantitative estimate of drug-likeness (QED) is 0.764. The molecule has 2 heterocycles. The highest BCUT2D eigenvalue weighted by Gasteiger charge is 2.22. The number of amides is 1. The Morgan fingerprint density at radius 2 is 2.04 bits per heavy atom. The van der Waals surface area contributed by atoms with Gasteiger partial charge in [0.15, 0.2) is 0 Å². The van der Waals surface area contributed by atoms with Gasteiger partial charge in [0.2, 0.25) is 5.91 Å². The number of benzene rings is 2. The summed E-state index contributed by atoms with van der Waals surface area (Å²) >= 11 is 0. The summed E-state index contributed by atoms with van der Waals surface area (Å²) in [4.78, 5) is 17.7. The summed E-state index contributed by atoms with van der Waals surface area (Å²) in [5.41, 5.74) is 4.78. The molecule has 1 N–H and O–H groups in total. The van der Waals surface area contributed by atoms with E-state index in [1.54, 1.807) is 4.68 Å². The summed E-state index contributed by atoms with van der Waals surface area (Å²) in [6.45, 7) is 2.58. The summed E-state index contributed by atoms with van der Waals surface area (Å²) in [5.74, 6) is -0.131. The second-order valence-corrected chi connectivity index (χ2v) is 6.38. The lowest BCUT2D eigenvalue weighted by Crippen LogP contribution is -2.34. The largest absolute Gasteiger partial charge is 0.390 e. The Morgan fingerprint density at radius 1 is 1.23 bits per heavy atom. The first-order valence-corrected chi connectivity index (χ1v) is 8.54. The fourth-order valence-electron chi connectivity index (χ4n) is 2.91. The van der Waals surface area contributed by atoms with Gasteiger partial charge in [0, 0.05) is 6.42 Å². The SMILES string of the molecule is Cc1ccc(C2=NO[C@H](CNC(=O)Cn3nnc4ccccc43)C2)cc1. The van der Waals surface area contributed by atoms with Gasteiger partial charge in [0.25, 0.3) is 0 Å². The predicted octanol–water partition coefficient (Wildman–Crippen LogP) is 2.05. The number of nitrogens with one attached hydrogen (secondary N) is 1. The lowest BCUT2D eigenvalue weighted by molar-refractivity contribution is -0.122. The van der Waals surface area contributed by atoms with Crippen molar-refractivity contribution in [2.45, 2.75) is 26.0 Å². The molecule has 0 bridgehead atoms. The summed E-state index contributed by atoms with van der Waals surface area (Å²) in [5, 5.41) is 15.1. The molecule has 2 aromatic carbocycles. The van der Waals surface area contributed by atoms with Crippen LogP contribution in [0.15, 0.2) is 53.7 Å². The lowest BCUT2D eigenvalue weighted by Gasteiger charge is -2.10. The van der Waals surface area contributed by atoms with E-state index in [0.717, 1.165) is 22.3 Å². The standard InChI is InChI=1S/C19H19N5O2/c1-13-6-8-14(9-7-13)17-10-15(26-22-17)11-20-19(25)12-24-18-5-3-2-4-16(18)21-23-24/h2-9,15H,10-12H2,1H3,(H,20,25)/t15-/m0/s1. The van der Waals surface area contributed by atoms with Crippen LogP contribution in [0.3, 0.4) is 0 Å². The van der Waals surface area contributed by atoms with Crippen molar-refractivity contribution in [3.63, 3.8) is 0 Å². The van der Waals surface area contributed by atoms with Gasteiger partial charge in [-0.3, -0.25) is 4.79 Å². The number of aromatic nitrogens is 3. The van der Waals surface area contributed by atoms with Crippen molar-refractivity contribution in [3.05, 3.63) is 59.7 Å². The summed E-state index contributed by atoms with van der Waals surface area (Å²) in [7, 11) is 0. The number of para-hydroxylation sites is 1. The number of hydrogen-bond acceptors (Lipinski definition) is 5. The van der Waals surface area contributed by atoms with E-state index in [0.29, 0.717) is 13.0 Å². The molecule has 1 aliphatic rings. The molecule has 0 aliphatic carbocycles. The van der Waals surface area contributed by atoms with Crippen LogP contribution in [0.4, 0.5) is 0 Å². The number of aryl methyl sites for hydroxylation is 1. The third kappa shape index (κ3) is 3.42. The number of hydrogen-bond donors (Lipinski definition) is 1. The van der Waals surface area contributed by atoms with Crippen LogP contribution in [-0.2, 0) is 16.2 Å². The molecule has 7 heteroatoms. The fraction of sp³-hybridized carbons (Fsp3) is 0.263. The van der Waals surface area contributed by atoms with Crippen molar-refractivity contribution >= 4 is 22.7 Å². The number of fused-ring (bicyclic) bond motifs is 1. The second kappa shape index (κ2) is 6.95. The zero-order valence-corrected chi connectivity index (χ0v) is 14.4. The summed E-state index contributed by atoms with van der Waals surface area (Å²) in [6.07, 6.45) is 0.526. The van der Waals surface area contributed by atoms with Crippen molar-refractivity contribution in [2.75, 3.05) is 6.54 Å². The van der Waals surface area contributed by atoms with E-state index in [1.807, 2.05) is 43.3 Å². The van der Waals surface area contributed by atoms with Crippen molar-refractivity contribution in [1.82, 2.24) is 20.3 Å². The van der Waals surface area contributed by atoms with E-state index < -0.39 is 0 Å². The highest BCUT2D eigenvalue weighted by atomic mass is 16.6. The number of carbonyl (C=O) groups is 1. The van der Waals surface area contributed by atoms with Gasteiger partial charge in [-0.25, -0.2) is 4.68 Å². The second-order valence-electron chi connectivity index (χ2n) is 6.38. The van der Waals surface area contributed by atoms with Crippen LogP contribution in [0.5, 0.6) is 0 Å². The summed E-state index contributed by atoms with van der Waals surface area (Å²) in [6, 6.07) is 15.7. The molecule has 7 nitrogen and oxygen atoms in total. The van der Waals surface area contributed by atoms with E-state index in [-0.39, 0.29) is 18.6 Å². The molecule has 132 valence electrons. The monoisotopic (exact) mass is 349 g/mol. The molecule has 0 saturated carbocycles. The zero-order valence-electron chi connectivity index (χ0n) is 14.4. The van der Waals surface area contributed by atoms with Crippen LogP contribution in [0.25, 0.3) is 11.0 Å². The maximum absolute atomic E-state index is 12.2. The van der Waals surface area contributed by atoms with Gasteiger partial charge in [-0.1, -0.05) is 52.3 Å². The molecule has 1 atom stereocenters. The van der Waals surface area contributed by atoms with Crippen molar-refractivity contribution < 1.29 is 9.63 Å². The topological polar surface area (TPSA) is 81.4 Å². The Balaban J connectivity index is 1.30. The van der Waals surface area contributed by atoms with Crippen molar-refractivity contribution in [3.8, 4) is 0 Å². The molecule has 1 aliphatic heterocycles. The molecule has 0 spiro atoms. The third-order valence-corrected chi connectivity index (χ3v) is 4.36. The van der Waals surface area contributed by atoms with Gasteiger partial charge in [-0.15, -0.1) is 5.10 Å². The first kappa shape index (κ1) is 16.3. The Hall–Kier alpha value is -3.22. The number of rotatable bonds is 5. The maximum Gasteiger partial charge on any atom is 0.241 e. The highest BCUT2D eigenvalue weighted by molar-refractivity contribution is 6.01. The van der Waals surface area contributed by atoms with E-state index >= 15 is 0 Å². The molecule has 0 radical (unpaired) electrons. The van der Waals surface area contributed by atoms with Gasteiger partial charge in [-0.2, -0.15) is 0 Å². The third-order valence-electron chi connectivity index (χ3n) is 4.36. The zero-order chi connectivity index (χ0) is 17.9. The summed E-state index contributed by atoms with van der Waals surface area (Å²) < 4.78 is 1.59. The minimum atomic E-state index is -0.150. The van der Waals surface area contributed by atoms with Gasteiger partial charge < -0.3 is 10.2 Å². The lowest BCUT2D eigenvalue weighted by atomic mass is 10.0. The van der Waals surface area contributed by atoms with Gasteiger partial charge in [0.1, 0.15) is 18.2 Å². The van der Waals surface area contributed by atoms with Crippen molar-refractivity contribution in [1.29, 1.82) is 0 Å². The molecular weight excluding hydrogens is 330 g/mol. The fourth-order valence-corrected chi connectivity index (χ4v) is 2.91. The Morgan fingerprint density at radius 3 is 2.88 bits per heavy atom. The van der Waals surface area contributed by atoms with E-state index in [2.05, 4.69) is 32.9 Å². The van der Waals surface area contributed by atoms with Crippen LogP contribution in [0, 0.1) is 6.92 Å². The molecule has 1 amide bonds. The predicted molar refractivity (Wildman–Crippen MR) is 97.7 cm³/mol. The van der Waals surface area contributed by atoms with Crippen molar-refractivity contribution in [2.24, 2.45) is 5.16 Å². The Labute approximate surface area is 150 Å². The van der Waals surface area contributed by atoms with Crippen LogP contribution in [0.2, 0.25) is 0 Å². The van der Waals surface area contributed by atoms with Gasteiger partial charge >= 0.3 is 0 Å². The van der Waals surface area contributed by atoms with Gasteiger partial charge in [0.05, 0.1) is 17.8 Å². The number of carbonyl (C=O) groups excluding carboxylic acids is 1. The molecule has 0 saturated heterocycles. The average Bonchev–Trinajstić information content (AvgIpc) is 3.28. The van der Waals surface area contributed by atoms with Crippen LogP contribution in [-0.4, -0.2) is 39.3 Å². The maximum atomic E-state index is 12.2. The minimum absolute atomic E-state index is 0.124. The minimum Gasteiger partial charge on any atom is -0.390 e. The van der Waals surface area contributed by atoms with E-state index in [4.69, 9.17) is 4.84 Å². The first-order valence-electron chi connectivity index (χ1n) is 8.54. The average molecular weight is 349 g/mol. The van der Waals surface area contributed by atoms with Gasteiger partial charge in [-0.05, 0) is 24.6 Å². The molecule has 4 rings (SSSR count). The Kier molecular flexibility index (Phi) is 4.35. The van der Waals surface area contributed by atoms with Crippen LogP contribution >= 0.6 is 0 Å². The first-order chi connectivity index (χ1) is 12.7. The normalized spacial score (nSPS) is 16.3. The molecule has 3 aromatic rings. The smallest absolute Gasteiger partial charge is 0.241 e. The number of oxime groups is 1. The molecule has 0 fully saturated rings. The molecular formula is C19H19N5O2. The van der Waals surface area contributed by atoms with E-state index in [1.165, 1.54) is 5.56 Å². The molecule has 1 aromatic heterocycles.